The quantitative estimate of drug-likeness (QED) is 0.587. The molecule has 4 N–H and O–H groups in total. The first-order chi connectivity index (χ1) is 12.8. The summed E-state index contributed by atoms with van der Waals surface area (Å²) in [5.74, 6) is 2.94. The van der Waals surface area contributed by atoms with Crippen LogP contribution in [0.25, 0.3) is 11.0 Å². The minimum absolute atomic E-state index is 0.0213. The molecule has 3 aromatic rings. The second-order valence-electron chi connectivity index (χ2n) is 7.79. The van der Waals surface area contributed by atoms with Crippen LogP contribution in [0.5, 0.6) is 0 Å². The summed E-state index contributed by atoms with van der Waals surface area (Å²) < 4.78 is 2.20. The Balaban J connectivity index is 1.81. The molecule has 0 aliphatic carbocycles. The Bertz CT molecular complexity index is 929. The summed E-state index contributed by atoms with van der Waals surface area (Å²) in [7, 11) is 0. The number of anilines is 3. The first-order valence-electron chi connectivity index (χ1n) is 9.18. The van der Waals surface area contributed by atoms with Crippen molar-refractivity contribution in [2.75, 3.05) is 23.7 Å². The maximum Gasteiger partial charge on any atom is 0.224 e. The Hall–Kier alpha value is -2.74. The van der Waals surface area contributed by atoms with E-state index in [0.717, 1.165) is 22.7 Å². The average Bonchev–Trinajstić information content (AvgIpc) is 2.96. The van der Waals surface area contributed by atoms with Crippen molar-refractivity contribution in [3.63, 3.8) is 0 Å². The zero-order valence-corrected chi connectivity index (χ0v) is 16.6. The molecule has 8 heteroatoms. The van der Waals surface area contributed by atoms with Gasteiger partial charge in [-0.3, -0.25) is 0 Å². The summed E-state index contributed by atoms with van der Waals surface area (Å²) in [6.45, 7) is 11.8. The van der Waals surface area contributed by atoms with Crippen molar-refractivity contribution in [2.24, 2.45) is 11.1 Å². The van der Waals surface area contributed by atoms with Gasteiger partial charge in [-0.05, 0) is 38.8 Å². The highest BCUT2D eigenvalue weighted by molar-refractivity contribution is 5.79. The molecule has 0 aliphatic heterocycles. The average molecular weight is 368 g/mol. The number of hydrogen-bond acceptors (Lipinski definition) is 7. The molecule has 0 bridgehead atoms. The molecule has 0 saturated heterocycles. The van der Waals surface area contributed by atoms with Gasteiger partial charge >= 0.3 is 0 Å². The molecule has 0 aromatic carbocycles. The lowest BCUT2D eigenvalue weighted by molar-refractivity contribution is 0.404. The van der Waals surface area contributed by atoms with Gasteiger partial charge in [-0.1, -0.05) is 13.8 Å². The number of pyridine rings is 1. The molecule has 0 amide bonds. The molecule has 144 valence electrons. The van der Waals surface area contributed by atoms with E-state index in [2.05, 4.69) is 62.8 Å². The summed E-state index contributed by atoms with van der Waals surface area (Å²) in [5.41, 5.74) is 7.70. The number of hydrogen-bond donors (Lipinski definition) is 3. The van der Waals surface area contributed by atoms with Crippen molar-refractivity contribution < 1.29 is 0 Å². The maximum absolute atomic E-state index is 5.77. The lowest BCUT2D eigenvalue weighted by atomic mass is 9.94. The van der Waals surface area contributed by atoms with E-state index in [9.17, 15) is 0 Å². The van der Waals surface area contributed by atoms with Gasteiger partial charge in [0.05, 0.1) is 11.7 Å². The summed E-state index contributed by atoms with van der Waals surface area (Å²) in [5, 5.41) is 6.50. The van der Waals surface area contributed by atoms with Crippen LogP contribution in [-0.4, -0.2) is 37.6 Å². The number of aryl methyl sites for hydroxylation is 1. The largest absolute Gasteiger partial charge is 0.354 e. The molecule has 0 fully saturated rings. The van der Waals surface area contributed by atoms with Crippen molar-refractivity contribution >= 4 is 28.6 Å². The summed E-state index contributed by atoms with van der Waals surface area (Å²) >= 11 is 0. The van der Waals surface area contributed by atoms with Crippen LogP contribution in [0, 0.1) is 12.3 Å². The predicted octanol–water partition coefficient (Wildman–Crippen LogP) is 3.25. The lowest BCUT2D eigenvalue weighted by Crippen LogP contribution is -2.31. The lowest BCUT2D eigenvalue weighted by Gasteiger charge is -2.22. The highest BCUT2D eigenvalue weighted by Gasteiger charge is 2.16. The van der Waals surface area contributed by atoms with E-state index >= 15 is 0 Å². The number of aromatic nitrogens is 5. The topological polar surface area (TPSA) is 107 Å². The summed E-state index contributed by atoms with van der Waals surface area (Å²) in [6.07, 6.45) is 3.50. The van der Waals surface area contributed by atoms with E-state index in [-0.39, 0.29) is 5.41 Å². The Morgan fingerprint density at radius 1 is 1.19 bits per heavy atom. The van der Waals surface area contributed by atoms with Gasteiger partial charge < -0.3 is 20.9 Å². The van der Waals surface area contributed by atoms with Gasteiger partial charge in [0, 0.05) is 24.8 Å². The molecule has 3 heterocycles. The molecule has 8 nitrogen and oxygen atoms in total. The molecule has 27 heavy (non-hydrogen) atoms. The van der Waals surface area contributed by atoms with Gasteiger partial charge in [0.1, 0.15) is 23.0 Å². The van der Waals surface area contributed by atoms with Crippen LogP contribution in [0.1, 0.15) is 39.6 Å². The number of fused-ring (bicyclic) bond motifs is 1. The molecular weight excluding hydrogens is 340 g/mol. The standard InChI is InChI=1S/C19H28N8/c1-12(2)27-13(3)24-14-9-22-17(8-15(14)27)25-16-6-7-21-18(26-16)23-11-19(4,5)10-20/h6-9,12H,10-11,20H2,1-5H3,(H2,21,22,23,25,26). The molecule has 0 unspecified atom stereocenters. The number of imidazole rings is 1. The van der Waals surface area contributed by atoms with Crippen molar-refractivity contribution in [1.29, 1.82) is 0 Å². The number of nitrogens with zero attached hydrogens (tertiary/aromatic N) is 5. The molecule has 0 spiro atoms. The van der Waals surface area contributed by atoms with Crippen LogP contribution in [-0.2, 0) is 0 Å². The van der Waals surface area contributed by atoms with Gasteiger partial charge in [0.15, 0.2) is 0 Å². The van der Waals surface area contributed by atoms with E-state index in [1.54, 1.807) is 12.4 Å². The fourth-order valence-electron chi connectivity index (χ4n) is 2.87. The third-order valence-corrected chi connectivity index (χ3v) is 4.46. The third kappa shape index (κ3) is 4.33. The number of rotatable bonds is 7. The van der Waals surface area contributed by atoms with Crippen molar-refractivity contribution in [2.45, 2.75) is 40.7 Å². The van der Waals surface area contributed by atoms with Gasteiger partial charge in [-0.2, -0.15) is 4.98 Å². The zero-order valence-electron chi connectivity index (χ0n) is 16.6. The van der Waals surface area contributed by atoms with Crippen LogP contribution in [0.3, 0.4) is 0 Å². The Morgan fingerprint density at radius 2 is 1.96 bits per heavy atom. The highest BCUT2D eigenvalue weighted by Crippen LogP contribution is 2.23. The van der Waals surface area contributed by atoms with Gasteiger partial charge in [-0.25, -0.2) is 15.0 Å². The van der Waals surface area contributed by atoms with Crippen molar-refractivity contribution in [3.8, 4) is 0 Å². The second-order valence-corrected chi connectivity index (χ2v) is 7.79. The van der Waals surface area contributed by atoms with E-state index in [4.69, 9.17) is 5.73 Å². The van der Waals surface area contributed by atoms with E-state index < -0.39 is 0 Å². The van der Waals surface area contributed by atoms with Gasteiger partial charge in [-0.15, -0.1) is 0 Å². The van der Waals surface area contributed by atoms with Crippen LogP contribution in [0.2, 0.25) is 0 Å². The molecule has 0 aliphatic rings. The van der Waals surface area contributed by atoms with Gasteiger partial charge in [0.2, 0.25) is 5.95 Å². The number of nitrogens with one attached hydrogen (secondary N) is 2. The minimum atomic E-state index is -0.0213. The SMILES string of the molecule is Cc1nc2cnc(Nc3ccnc(NCC(C)(C)CN)n3)cc2n1C(C)C. The fraction of sp³-hybridized carbons (Fsp3) is 0.474. The third-order valence-electron chi connectivity index (χ3n) is 4.46. The monoisotopic (exact) mass is 368 g/mol. The van der Waals surface area contributed by atoms with Gasteiger partial charge in [0.25, 0.3) is 0 Å². The second kappa shape index (κ2) is 7.48. The molecule has 3 rings (SSSR count). The predicted molar refractivity (Wildman–Crippen MR) is 109 cm³/mol. The van der Waals surface area contributed by atoms with Crippen LogP contribution in [0.4, 0.5) is 17.6 Å². The summed E-state index contributed by atoms with van der Waals surface area (Å²) in [6, 6.07) is 4.14. The highest BCUT2D eigenvalue weighted by atomic mass is 15.2. The molecule has 3 aromatic heterocycles. The van der Waals surface area contributed by atoms with Crippen LogP contribution in [0.15, 0.2) is 24.5 Å². The first-order valence-corrected chi connectivity index (χ1v) is 9.18. The molecular formula is C19H28N8. The smallest absolute Gasteiger partial charge is 0.224 e. The Morgan fingerprint density at radius 3 is 2.67 bits per heavy atom. The molecule has 0 atom stereocenters. The maximum atomic E-state index is 5.77. The molecule has 0 saturated carbocycles. The normalized spacial score (nSPS) is 12.0. The first kappa shape index (κ1) is 19.0. The van der Waals surface area contributed by atoms with Crippen molar-refractivity contribution in [3.05, 3.63) is 30.4 Å². The van der Waals surface area contributed by atoms with E-state index in [1.807, 2.05) is 19.1 Å². The fourth-order valence-corrected chi connectivity index (χ4v) is 2.87. The van der Waals surface area contributed by atoms with Crippen LogP contribution >= 0.6 is 0 Å². The van der Waals surface area contributed by atoms with Crippen LogP contribution < -0.4 is 16.4 Å². The van der Waals surface area contributed by atoms with E-state index in [0.29, 0.717) is 30.9 Å². The zero-order chi connectivity index (χ0) is 19.6. The Labute approximate surface area is 159 Å². The summed E-state index contributed by atoms with van der Waals surface area (Å²) in [4.78, 5) is 17.8. The Kier molecular flexibility index (Phi) is 5.27. The minimum Gasteiger partial charge on any atom is -0.354 e. The molecule has 0 radical (unpaired) electrons. The van der Waals surface area contributed by atoms with E-state index in [1.165, 1.54) is 0 Å². The van der Waals surface area contributed by atoms with Crippen molar-refractivity contribution in [1.82, 2.24) is 24.5 Å². The number of nitrogens with two attached hydrogens (primary N) is 1.